The Balaban J connectivity index is 1.63. The second-order valence-corrected chi connectivity index (χ2v) is 4.52. The summed E-state index contributed by atoms with van der Waals surface area (Å²) in [6.45, 7) is 0.781. The van der Waals surface area contributed by atoms with Gasteiger partial charge in [-0.1, -0.05) is 18.2 Å². The van der Waals surface area contributed by atoms with Crippen molar-refractivity contribution in [3.63, 3.8) is 0 Å². The molecule has 5 heteroatoms. The Kier molecular flexibility index (Phi) is 6.11. The number of ether oxygens (including phenoxy) is 3. The van der Waals surface area contributed by atoms with Crippen LogP contribution in [0.1, 0.15) is 6.42 Å². The van der Waals surface area contributed by atoms with Crippen molar-refractivity contribution < 1.29 is 24.1 Å². The van der Waals surface area contributed by atoms with Gasteiger partial charge in [0, 0.05) is 6.42 Å². The highest BCUT2D eigenvalue weighted by Gasteiger charge is 2.00. The molecule has 0 aromatic heterocycles. The van der Waals surface area contributed by atoms with Crippen LogP contribution in [0.5, 0.6) is 17.2 Å². The minimum Gasteiger partial charge on any atom is -0.493 e. The SMILES string of the molecule is O=C(O)COc1ccc(OCCCOc2ccccc2)cc1. The van der Waals surface area contributed by atoms with Crippen molar-refractivity contribution in [2.24, 2.45) is 0 Å². The van der Waals surface area contributed by atoms with E-state index in [2.05, 4.69) is 0 Å². The molecule has 0 heterocycles. The zero-order valence-electron chi connectivity index (χ0n) is 12.1. The molecule has 0 aliphatic rings. The Bertz CT molecular complexity index is 565. The van der Waals surface area contributed by atoms with E-state index >= 15 is 0 Å². The molecule has 5 nitrogen and oxygen atoms in total. The maximum atomic E-state index is 10.4. The van der Waals surface area contributed by atoms with Crippen LogP contribution >= 0.6 is 0 Å². The van der Waals surface area contributed by atoms with Gasteiger partial charge in [-0.25, -0.2) is 4.79 Å². The number of carboxylic acid groups (broad SMARTS) is 1. The maximum Gasteiger partial charge on any atom is 0.341 e. The zero-order valence-corrected chi connectivity index (χ0v) is 12.1. The second kappa shape index (κ2) is 8.56. The van der Waals surface area contributed by atoms with Gasteiger partial charge in [-0.15, -0.1) is 0 Å². The van der Waals surface area contributed by atoms with Gasteiger partial charge in [0.25, 0.3) is 0 Å². The Labute approximate surface area is 129 Å². The molecule has 2 aromatic rings. The summed E-state index contributed by atoms with van der Waals surface area (Å²) in [5.74, 6) is 1.06. The first-order valence-electron chi connectivity index (χ1n) is 6.99. The first-order valence-corrected chi connectivity index (χ1v) is 6.99. The highest BCUT2D eigenvalue weighted by Crippen LogP contribution is 2.17. The number of hydrogen-bond donors (Lipinski definition) is 1. The maximum absolute atomic E-state index is 10.4. The molecule has 0 fully saturated rings. The van der Waals surface area contributed by atoms with Gasteiger partial charge in [-0.2, -0.15) is 0 Å². The number of rotatable bonds is 9. The molecule has 0 amide bonds. The molecule has 2 aromatic carbocycles. The summed E-state index contributed by atoms with van der Waals surface area (Å²) in [6, 6.07) is 16.5. The normalized spacial score (nSPS) is 10.0. The van der Waals surface area contributed by atoms with Crippen molar-refractivity contribution >= 4 is 5.97 Å². The van der Waals surface area contributed by atoms with Gasteiger partial charge in [-0.05, 0) is 36.4 Å². The number of benzene rings is 2. The van der Waals surface area contributed by atoms with Crippen molar-refractivity contribution in [1.82, 2.24) is 0 Å². The van der Waals surface area contributed by atoms with E-state index in [-0.39, 0.29) is 6.61 Å². The third-order valence-electron chi connectivity index (χ3n) is 2.76. The standard InChI is InChI=1S/C17H18O5/c18-17(19)13-22-16-9-7-15(8-10-16)21-12-4-11-20-14-5-2-1-3-6-14/h1-3,5-10H,4,11-13H2,(H,18,19). The number of carbonyl (C=O) groups is 1. The van der Waals surface area contributed by atoms with Crippen LogP contribution in [0, 0.1) is 0 Å². The van der Waals surface area contributed by atoms with E-state index in [1.54, 1.807) is 24.3 Å². The molecule has 0 aliphatic carbocycles. The first-order chi connectivity index (χ1) is 10.7. The molecule has 2 rings (SSSR count). The average Bonchev–Trinajstić information content (AvgIpc) is 2.54. The molecule has 116 valence electrons. The molecule has 0 spiro atoms. The monoisotopic (exact) mass is 302 g/mol. The molecule has 0 atom stereocenters. The lowest BCUT2D eigenvalue weighted by Gasteiger charge is -2.09. The fourth-order valence-electron chi connectivity index (χ4n) is 1.73. The van der Waals surface area contributed by atoms with Gasteiger partial charge in [-0.3, -0.25) is 0 Å². The molecular weight excluding hydrogens is 284 g/mol. The predicted octanol–water partition coefficient (Wildman–Crippen LogP) is 3.00. The fraction of sp³-hybridized carbons (Fsp3) is 0.235. The van der Waals surface area contributed by atoms with Crippen LogP contribution in [0.25, 0.3) is 0 Å². The summed E-state index contributed by atoms with van der Waals surface area (Å²) in [5, 5.41) is 8.52. The number of hydrogen-bond acceptors (Lipinski definition) is 4. The quantitative estimate of drug-likeness (QED) is 0.721. The van der Waals surface area contributed by atoms with Crippen molar-refractivity contribution in [2.75, 3.05) is 19.8 Å². The van der Waals surface area contributed by atoms with Crippen molar-refractivity contribution in [3.05, 3.63) is 54.6 Å². The highest BCUT2D eigenvalue weighted by molar-refractivity contribution is 5.68. The van der Waals surface area contributed by atoms with E-state index in [1.165, 1.54) is 0 Å². The van der Waals surface area contributed by atoms with Crippen molar-refractivity contribution in [1.29, 1.82) is 0 Å². The minimum absolute atomic E-state index is 0.350. The molecule has 0 radical (unpaired) electrons. The fourth-order valence-corrected chi connectivity index (χ4v) is 1.73. The Morgan fingerprint density at radius 1 is 0.773 bits per heavy atom. The van der Waals surface area contributed by atoms with Gasteiger partial charge in [0.15, 0.2) is 6.61 Å². The van der Waals surface area contributed by atoms with Gasteiger partial charge in [0.2, 0.25) is 0 Å². The Morgan fingerprint density at radius 2 is 1.27 bits per heavy atom. The molecular formula is C17H18O5. The van der Waals surface area contributed by atoms with Gasteiger partial charge in [0.05, 0.1) is 13.2 Å². The largest absolute Gasteiger partial charge is 0.493 e. The molecule has 0 saturated carbocycles. The molecule has 1 N–H and O–H groups in total. The summed E-state index contributed by atoms with van der Waals surface area (Å²) in [4.78, 5) is 10.4. The third kappa shape index (κ3) is 5.75. The van der Waals surface area contributed by atoms with E-state index in [0.717, 1.165) is 12.2 Å². The lowest BCUT2D eigenvalue weighted by Crippen LogP contribution is -2.09. The van der Waals surface area contributed by atoms with E-state index < -0.39 is 5.97 Å². The van der Waals surface area contributed by atoms with Gasteiger partial charge in [0.1, 0.15) is 17.2 Å². The molecule has 22 heavy (non-hydrogen) atoms. The number of carboxylic acids is 1. The van der Waals surface area contributed by atoms with E-state index in [4.69, 9.17) is 19.3 Å². The van der Waals surface area contributed by atoms with Crippen LogP contribution in [0.15, 0.2) is 54.6 Å². The first kappa shape index (κ1) is 15.7. The van der Waals surface area contributed by atoms with Gasteiger partial charge >= 0.3 is 5.97 Å². The summed E-state index contributed by atoms with van der Waals surface area (Å²) in [7, 11) is 0. The lowest BCUT2D eigenvalue weighted by molar-refractivity contribution is -0.139. The lowest BCUT2D eigenvalue weighted by atomic mass is 10.3. The van der Waals surface area contributed by atoms with Crippen LogP contribution < -0.4 is 14.2 Å². The van der Waals surface area contributed by atoms with Crippen LogP contribution in [-0.4, -0.2) is 30.9 Å². The van der Waals surface area contributed by atoms with Crippen LogP contribution in [0.4, 0.5) is 0 Å². The summed E-state index contributed by atoms with van der Waals surface area (Å²) < 4.78 is 16.2. The predicted molar refractivity (Wildman–Crippen MR) is 81.6 cm³/mol. The molecule has 0 unspecified atom stereocenters. The van der Waals surface area contributed by atoms with Gasteiger partial charge < -0.3 is 19.3 Å². The number of aliphatic carboxylic acids is 1. The van der Waals surface area contributed by atoms with Crippen LogP contribution in [0.3, 0.4) is 0 Å². The summed E-state index contributed by atoms with van der Waals surface area (Å²) >= 11 is 0. The Morgan fingerprint density at radius 3 is 1.82 bits per heavy atom. The Hall–Kier alpha value is -2.69. The van der Waals surface area contributed by atoms with Crippen molar-refractivity contribution in [2.45, 2.75) is 6.42 Å². The summed E-state index contributed by atoms with van der Waals surface area (Å²) in [5.41, 5.74) is 0. The topological polar surface area (TPSA) is 65.0 Å². The van der Waals surface area contributed by atoms with Crippen molar-refractivity contribution in [3.8, 4) is 17.2 Å². The van der Waals surface area contributed by atoms with E-state index in [9.17, 15) is 4.79 Å². The smallest absolute Gasteiger partial charge is 0.341 e. The molecule has 0 saturated heterocycles. The van der Waals surface area contributed by atoms with Crippen LogP contribution in [0.2, 0.25) is 0 Å². The zero-order chi connectivity index (χ0) is 15.6. The van der Waals surface area contributed by atoms with Crippen LogP contribution in [-0.2, 0) is 4.79 Å². The summed E-state index contributed by atoms with van der Waals surface area (Å²) in [6.07, 6.45) is 0.770. The average molecular weight is 302 g/mol. The molecule has 0 bridgehead atoms. The second-order valence-electron chi connectivity index (χ2n) is 4.52. The van der Waals surface area contributed by atoms with E-state index in [0.29, 0.717) is 24.7 Å². The molecule has 0 aliphatic heterocycles. The van der Waals surface area contributed by atoms with E-state index in [1.807, 2.05) is 30.3 Å². The highest BCUT2D eigenvalue weighted by atomic mass is 16.5. The number of para-hydroxylation sites is 1. The third-order valence-corrected chi connectivity index (χ3v) is 2.76. The minimum atomic E-state index is -1.00.